The molecule has 36 heavy (non-hydrogen) atoms. The summed E-state index contributed by atoms with van der Waals surface area (Å²) in [6.07, 6.45) is 3.49. The van der Waals surface area contributed by atoms with Gasteiger partial charge in [0.2, 0.25) is 0 Å². The molecular formula is C27H26F2N4O3. The number of halogens is 2. The van der Waals surface area contributed by atoms with Gasteiger partial charge in [-0.05, 0) is 61.4 Å². The smallest absolute Gasteiger partial charge is 0.256 e. The Morgan fingerprint density at radius 3 is 2.58 bits per heavy atom. The Labute approximate surface area is 207 Å². The Morgan fingerprint density at radius 1 is 1.08 bits per heavy atom. The lowest BCUT2D eigenvalue weighted by atomic mass is 9.99. The van der Waals surface area contributed by atoms with E-state index in [2.05, 4.69) is 10.1 Å². The summed E-state index contributed by atoms with van der Waals surface area (Å²) in [4.78, 5) is 18.2. The second-order valence-corrected chi connectivity index (χ2v) is 9.02. The summed E-state index contributed by atoms with van der Waals surface area (Å²) in [5, 5.41) is 5.20. The highest BCUT2D eigenvalue weighted by Gasteiger charge is 2.29. The molecule has 4 aromatic rings. The first-order valence-corrected chi connectivity index (χ1v) is 11.7. The van der Waals surface area contributed by atoms with Crippen LogP contribution >= 0.6 is 0 Å². The highest BCUT2D eigenvalue weighted by molar-refractivity contribution is 5.98. The number of fused-ring (bicyclic) bond motifs is 2. The molecule has 0 saturated carbocycles. The Kier molecular flexibility index (Phi) is 6.40. The van der Waals surface area contributed by atoms with Crippen LogP contribution in [-0.2, 0) is 24.9 Å². The van der Waals surface area contributed by atoms with Gasteiger partial charge in [-0.3, -0.25) is 14.5 Å². The van der Waals surface area contributed by atoms with Crippen LogP contribution < -0.4 is 4.74 Å². The Bertz CT molecular complexity index is 1430. The summed E-state index contributed by atoms with van der Waals surface area (Å²) in [6, 6.07) is 9.45. The predicted octanol–water partition coefficient (Wildman–Crippen LogP) is 4.87. The van der Waals surface area contributed by atoms with Crippen LogP contribution in [0.25, 0.3) is 22.0 Å². The number of hydrogen-bond donors (Lipinski definition) is 0. The third-order valence-electron chi connectivity index (χ3n) is 6.10. The van der Waals surface area contributed by atoms with Crippen LogP contribution in [0.3, 0.4) is 0 Å². The number of carbonyl (C=O) groups excluding carboxylic acids is 1. The molecule has 3 heterocycles. The molecule has 0 atom stereocenters. The maximum atomic E-state index is 15.2. The minimum Gasteiger partial charge on any atom is -0.489 e. The van der Waals surface area contributed by atoms with Gasteiger partial charge < -0.3 is 14.4 Å². The molecule has 186 valence electrons. The van der Waals surface area contributed by atoms with Gasteiger partial charge in [-0.2, -0.15) is 5.10 Å². The average molecular weight is 493 g/mol. The van der Waals surface area contributed by atoms with Crippen molar-refractivity contribution in [3.05, 3.63) is 77.2 Å². The van der Waals surface area contributed by atoms with E-state index in [1.54, 1.807) is 48.4 Å². The molecule has 1 aliphatic rings. The van der Waals surface area contributed by atoms with Crippen LogP contribution in [0.1, 0.15) is 35.5 Å². The third-order valence-corrected chi connectivity index (χ3v) is 6.10. The molecule has 0 saturated heterocycles. The second kappa shape index (κ2) is 9.66. The van der Waals surface area contributed by atoms with Crippen molar-refractivity contribution in [2.24, 2.45) is 7.05 Å². The molecule has 2 aromatic carbocycles. The summed E-state index contributed by atoms with van der Waals surface area (Å²) in [6.45, 7) is 4.74. The zero-order chi connectivity index (χ0) is 25.4. The van der Waals surface area contributed by atoms with E-state index in [1.807, 2.05) is 13.8 Å². The van der Waals surface area contributed by atoms with E-state index in [-0.39, 0.29) is 30.7 Å². The Balaban J connectivity index is 1.41. The fourth-order valence-electron chi connectivity index (χ4n) is 4.41. The molecule has 1 amide bonds. The van der Waals surface area contributed by atoms with Crippen LogP contribution in [0.15, 0.2) is 48.8 Å². The number of aromatic nitrogens is 3. The maximum absolute atomic E-state index is 15.2. The number of hydrogen-bond acceptors (Lipinski definition) is 5. The van der Waals surface area contributed by atoms with Gasteiger partial charge in [-0.15, -0.1) is 0 Å². The first-order valence-electron chi connectivity index (χ1n) is 11.7. The molecule has 0 unspecified atom stereocenters. The highest BCUT2D eigenvalue weighted by Crippen LogP contribution is 2.35. The molecule has 0 spiro atoms. The molecule has 1 aliphatic heterocycles. The van der Waals surface area contributed by atoms with Crippen molar-refractivity contribution in [2.45, 2.75) is 33.0 Å². The summed E-state index contributed by atoms with van der Waals surface area (Å²) in [5.74, 6) is -1.15. The van der Waals surface area contributed by atoms with Crippen molar-refractivity contribution in [1.82, 2.24) is 19.7 Å². The molecular weight excluding hydrogens is 466 g/mol. The van der Waals surface area contributed by atoms with Gasteiger partial charge in [0.1, 0.15) is 29.5 Å². The minimum absolute atomic E-state index is 0.106. The highest BCUT2D eigenvalue weighted by atomic mass is 19.1. The number of carbonyl (C=O) groups is 1. The normalized spacial score (nSPS) is 13.2. The van der Waals surface area contributed by atoms with Crippen molar-refractivity contribution in [3.8, 4) is 16.9 Å². The largest absolute Gasteiger partial charge is 0.489 e. The lowest BCUT2D eigenvalue weighted by Crippen LogP contribution is -2.24. The van der Waals surface area contributed by atoms with Crippen molar-refractivity contribution in [3.63, 3.8) is 0 Å². The number of rotatable bonds is 8. The van der Waals surface area contributed by atoms with Gasteiger partial charge in [0.05, 0.1) is 37.1 Å². The minimum atomic E-state index is -0.718. The number of pyridine rings is 1. The van der Waals surface area contributed by atoms with Crippen LogP contribution in [0.5, 0.6) is 5.75 Å². The number of aryl methyl sites for hydroxylation is 1. The lowest BCUT2D eigenvalue weighted by Gasteiger charge is -2.17. The van der Waals surface area contributed by atoms with Gasteiger partial charge >= 0.3 is 0 Å². The molecule has 0 N–H and O–H groups in total. The number of benzene rings is 2. The molecule has 9 heteroatoms. The van der Waals surface area contributed by atoms with E-state index in [4.69, 9.17) is 9.47 Å². The van der Waals surface area contributed by atoms with Gasteiger partial charge in [-0.1, -0.05) is 0 Å². The van der Waals surface area contributed by atoms with Gasteiger partial charge in [-0.25, -0.2) is 8.78 Å². The van der Waals surface area contributed by atoms with Crippen LogP contribution in [-0.4, -0.2) is 44.9 Å². The number of nitrogens with zero attached hydrogens (tertiary/aromatic N) is 4. The average Bonchev–Trinajstić information content (AvgIpc) is 3.38. The van der Waals surface area contributed by atoms with Crippen molar-refractivity contribution < 1.29 is 23.0 Å². The third kappa shape index (κ3) is 4.54. The molecule has 2 aromatic heterocycles. The Hall–Kier alpha value is -3.85. The fourth-order valence-corrected chi connectivity index (χ4v) is 4.41. The second-order valence-electron chi connectivity index (χ2n) is 9.02. The van der Waals surface area contributed by atoms with Crippen molar-refractivity contribution in [2.75, 3.05) is 13.2 Å². The molecule has 0 aliphatic carbocycles. The first-order chi connectivity index (χ1) is 17.3. The fraction of sp³-hybridized carbons (Fsp3) is 0.296. The Morgan fingerprint density at radius 2 is 1.86 bits per heavy atom. The van der Waals surface area contributed by atoms with Crippen LogP contribution in [0, 0.1) is 11.6 Å². The number of ether oxygens (including phenoxy) is 2. The van der Waals surface area contributed by atoms with E-state index in [0.29, 0.717) is 52.3 Å². The van der Waals surface area contributed by atoms with Gasteiger partial charge in [0.15, 0.2) is 0 Å². The van der Waals surface area contributed by atoms with E-state index in [1.165, 1.54) is 17.0 Å². The SMILES string of the molecule is CC(C)OCCOc1ccc(-c2cc(F)c(CN3Cc4ncccc4C3=O)c(F)c2)c2cn(C)nc12. The summed E-state index contributed by atoms with van der Waals surface area (Å²) >= 11 is 0. The standard InChI is InChI=1S/C27H26F2N4O3/c1-16(2)35-9-10-36-25-7-6-18(20-13-32(3)31-26(20)25)17-11-22(28)21(23(29)12-17)14-33-15-24-19(27(33)34)5-4-8-30-24/h4-8,11-13,16H,9-10,14-15H2,1-3H3. The molecule has 0 fully saturated rings. The van der Waals surface area contributed by atoms with Crippen molar-refractivity contribution >= 4 is 16.8 Å². The van der Waals surface area contributed by atoms with E-state index in [9.17, 15) is 4.79 Å². The van der Waals surface area contributed by atoms with Crippen molar-refractivity contribution in [1.29, 1.82) is 0 Å². The summed E-state index contributed by atoms with van der Waals surface area (Å²) < 4.78 is 43.4. The number of amides is 1. The summed E-state index contributed by atoms with van der Waals surface area (Å²) in [5.41, 5.74) is 2.51. The predicted molar refractivity (Wildman–Crippen MR) is 130 cm³/mol. The first kappa shape index (κ1) is 23.9. The molecule has 7 nitrogen and oxygen atoms in total. The zero-order valence-corrected chi connectivity index (χ0v) is 20.3. The molecule has 0 bridgehead atoms. The van der Waals surface area contributed by atoms with E-state index in [0.717, 1.165) is 0 Å². The van der Waals surface area contributed by atoms with Gasteiger partial charge in [0, 0.05) is 30.4 Å². The van der Waals surface area contributed by atoms with E-state index < -0.39 is 11.6 Å². The van der Waals surface area contributed by atoms with Crippen LogP contribution in [0.2, 0.25) is 0 Å². The molecule has 0 radical (unpaired) electrons. The monoisotopic (exact) mass is 492 g/mol. The van der Waals surface area contributed by atoms with E-state index >= 15 is 8.78 Å². The molecule has 5 rings (SSSR count). The zero-order valence-electron chi connectivity index (χ0n) is 20.3. The summed E-state index contributed by atoms with van der Waals surface area (Å²) in [7, 11) is 1.78. The quantitative estimate of drug-likeness (QED) is 0.328. The van der Waals surface area contributed by atoms with Crippen LogP contribution in [0.4, 0.5) is 8.78 Å². The van der Waals surface area contributed by atoms with Gasteiger partial charge in [0.25, 0.3) is 5.91 Å². The topological polar surface area (TPSA) is 69.5 Å². The lowest BCUT2D eigenvalue weighted by molar-refractivity contribution is 0.0555. The maximum Gasteiger partial charge on any atom is 0.256 e.